The van der Waals surface area contributed by atoms with Crippen LogP contribution in [0.2, 0.25) is 0 Å². The minimum absolute atomic E-state index is 0.111. The average Bonchev–Trinajstić information content (AvgIpc) is 2.83. The molecule has 108 valence electrons. The van der Waals surface area contributed by atoms with E-state index >= 15 is 0 Å². The van der Waals surface area contributed by atoms with Crippen LogP contribution >= 0.6 is 0 Å². The number of methoxy groups -OCH3 is 1. The quantitative estimate of drug-likeness (QED) is 0.599. The predicted octanol–water partition coefficient (Wildman–Crippen LogP) is -0.865. The van der Waals surface area contributed by atoms with Crippen LogP contribution in [0.5, 0.6) is 0 Å². The molecule has 2 atom stereocenters. The molecule has 1 heterocycles. The van der Waals surface area contributed by atoms with E-state index in [0.29, 0.717) is 19.5 Å². The van der Waals surface area contributed by atoms with Gasteiger partial charge in [0.15, 0.2) is 0 Å². The van der Waals surface area contributed by atoms with Gasteiger partial charge in [0.1, 0.15) is 0 Å². The number of aliphatic carboxylic acids is 1. The first-order valence-corrected chi connectivity index (χ1v) is 6.04. The lowest BCUT2D eigenvalue weighted by Crippen LogP contribution is -2.44. The lowest BCUT2D eigenvalue weighted by atomic mass is 10.1. The molecule has 1 aliphatic heterocycles. The molecule has 0 aromatic carbocycles. The second-order valence-electron chi connectivity index (χ2n) is 4.44. The minimum Gasteiger partial charge on any atom is -0.481 e. The summed E-state index contributed by atoms with van der Waals surface area (Å²) >= 11 is 0. The van der Waals surface area contributed by atoms with Gasteiger partial charge < -0.3 is 25.8 Å². The summed E-state index contributed by atoms with van der Waals surface area (Å²) in [5.74, 6) is -1.26. The average molecular weight is 273 g/mol. The van der Waals surface area contributed by atoms with Gasteiger partial charge in [-0.3, -0.25) is 9.59 Å². The first-order valence-electron chi connectivity index (χ1n) is 6.04. The highest BCUT2D eigenvalue weighted by atomic mass is 16.5. The Morgan fingerprint density at radius 3 is 2.79 bits per heavy atom. The number of carbonyl (C=O) groups excluding carboxylic acids is 2. The third-order valence-corrected chi connectivity index (χ3v) is 2.99. The Morgan fingerprint density at radius 1 is 1.53 bits per heavy atom. The molecule has 1 aliphatic rings. The fraction of sp³-hybridized carbons (Fsp3) is 0.727. The number of hydrogen-bond acceptors (Lipinski definition) is 5. The minimum atomic E-state index is -0.977. The van der Waals surface area contributed by atoms with Gasteiger partial charge in [0, 0.05) is 19.5 Å². The third kappa shape index (κ3) is 4.74. The summed E-state index contributed by atoms with van der Waals surface area (Å²) < 4.78 is 4.48. The van der Waals surface area contributed by atoms with E-state index in [1.54, 1.807) is 0 Å². The molecule has 0 saturated carbocycles. The van der Waals surface area contributed by atoms with Gasteiger partial charge in [-0.15, -0.1) is 0 Å². The Hall–Kier alpha value is -1.83. The van der Waals surface area contributed by atoms with Crippen LogP contribution in [-0.2, 0) is 14.3 Å². The molecule has 0 radical (unpaired) electrons. The topological polar surface area (TPSA) is 122 Å². The number of nitrogens with zero attached hydrogens (tertiary/aromatic N) is 1. The fourth-order valence-corrected chi connectivity index (χ4v) is 1.94. The zero-order valence-corrected chi connectivity index (χ0v) is 10.8. The number of nitrogens with two attached hydrogens (primary N) is 1. The molecule has 4 N–H and O–H groups in total. The standard InChI is InChI=1S/C11H19N3O5/c1-19-11(18)13-7-4-5-14(6-7)10(17)8(12)2-3-9(15)16/h7-8H,2-6,12H2,1H3,(H,13,18)(H,15,16). The Morgan fingerprint density at radius 2 is 2.21 bits per heavy atom. The van der Waals surface area contributed by atoms with Crippen LogP contribution in [-0.4, -0.2) is 60.3 Å². The van der Waals surface area contributed by atoms with E-state index in [1.165, 1.54) is 12.0 Å². The van der Waals surface area contributed by atoms with Crippen LogP contribution in [0.3, 0.4) is 0 Å². The smallest absolute Gasteiger partial charge is 0.407 e. The van der Waals surface area contributed by atoms with Gasteiger partial charge in [-0.2, -0.15) is 0 Å². The molecule has 1 rings (SSSR count). The molecule has 1 fully saturated rings. The molecule has 2 unspecified atom stereocenters. The third-order valence-electron chi connectivity index (χ3n) is 2.99. The highest BCUT2D eigenvalue weighted by Crippen LogP contribution is 2.12. The SMILES string of the molecule is COC(=O)NC1CCN(C(=O)C(N)CCC(=O)O)C1. The van der Waals surface area contributed by atoms with Crippen molar-refractivity contribution in [3.63, 3.8) is 0 Å². The van der Waals surface area contributed by atoms with Crippen LogP contribution in [0.25, 0.3) is 0 Å². The number of alkyl carbamates (subject to hydrolysis) is 1. The molecule has 0 aromatic heterocycles. The van der Waals surface area contributed by atoms with Crippen molar-refractivity contribution in [1.29, 1.82) is 0 Å². The second kappa shape index (κ2) is 6.93. The molecule has 19 heavy (non-hydrogen) atoms. The number of carboxylic acid groups (broad SMARTS) is 1. The zero-order valence-electron chi connectivity index (χ0n) is 10.8. The van der Waals surface area contributed by atoms with Crippen LogP contribution < -0.4 is 11.1 Å². The molecule has 8 nitrogen and oxygen atoms in total. The van der Waals surface area contributed by atoms with E-state index in [9.17, 15) is 14.4 Å². The van der Waals surface area contributed by atoms with Crippen LogP contribution in [0.1, 0.15) is 19.3 Å². The lowest BCUT2D eigenvalue weighted by Gasteiger charge is -2.20. The number of nitrogens with one attached hydrogen (secondary N) is 1. The number of carbonyl (C=O) groups is 3. The molecule has 2 amide bonds. The normalized spacial score (nSPS) is 19.9. The van der Waals surface area contributed by atoms with Crippen molar-refractivity contribution in [2.24, 2.45) is 5.73 Å². The predicted molar refractivity (Wildman–Crippen MR) is 65.4 cm³/mol. The Labute approximate surface area is 110 Å². The molecule has 0 spiro atoms. The maximum atomic E-state index is 11.9. The largest absolute Gasteiger partial charge is 0.481 e. The maximum Gasteiger partial charge on any atom is 0.407 e. The van der Waals surface area contributed by atoms with Gasteiger partial charge in [-0.1, -0.05) is 0 Å². The van der Waals surface area contributed by atoms with Gasteiger partial charge in [-0.25, -0.2) is 4.79 Å². The molecule has 0 aliphatic carbocycles. The summed E-state index contributed by atoms with van der Waals surface area (Å²) in [5.41, 5.74) is 5.65. The van der Waals surface area contributed by atoms with Crippen molar-refractivity contribution in [2.75, 3.05) is 20.2 Å². The summed E-state index contributed by atoms with van der Waals surface area (Å²) in [6.07, 6.45) is 0.0751. The summed E-state index contributed by atoms with van der Waals surface area (Å²) in [6.45, 7) is 0.864. The van der Waals surface area contributed by atoms with Crippen LogP contribution in [0, 0.1) is 0 Å². The lowest BCUT2D eigenvalue weighted by molar-refractivity contribution is -0.137. The molecule has 1 saturated heterocycles. The first-order chi connectivity index (χ1) is 8.93. The monoisotopic (exact) mass is 273 g/mol. The highest BCUT2D eigenvalue weighted by molar-refractivity contribution is 5.82. The van der Waals surface area contributed by atoms with Crippen molar-refractivity contribution in [1.82, 2.24) is 10.2 Å². The van der Waals surface area contributed by atoms with Crippen molar-refractivity contribution in [3.05, 3.63) is 0 Å². The molecule has 0 aromatic rings. The van der Waals surface area contributed by atoms with Gasteiger partial charge in [0.25, 0.3) is 0 Å². The number of likely N-dealkylation sites (tertiary alicyclic amines) is 1. The van der Waals surface area contributed by atoms with E-state index in [-0.39, 0.29) is 24.8 Å². The highest BCUT2D eigenvalue weighted by Gasteiger charge is 2.30. The second-order valence-corrected chi connectivity index (χ2v) is 4.44. The number of rotatable bonds is 5. The van der Waals surface area contributed by atoms with Gasteiger partial charge >= 0.3 is 12.1 Å². The van der Waals surface area contributed by atoms with E-state index in [1.807, 2.05) is 0 Å². The summed E-state index contributed by atoms with van der Waals surface area (Å²) in [4.78, 5) is 34.9. The Kier molecular flexibility index (Phi) is 5.56. The fourth-order valence-electron chi connectivity index (χ4n) is 1.94. The summed E-state index contributed by atoms with van der Waals surface area (Å²) in [6, 6.07) is -0.962. The summed E-state index contributed by atoms with van der Waals surface area (Å²) in [5, 5.41) is 11.1. The van der Waals surface area contributed by atoms with Crippen molar-refractivity contribution in [3.8, 4) is 0 Å². The summed E-state index contributed by atoms with van der Waals surface area (Å²) in [7, 11) is 1.27. The maximum absolute atomic E-state index is 11.9. The van der Waals surface area contributed by atoms with Crippen LogP contribution in [0.4, 0.5) is 4.79 Å². The van der Waals surface area contributed by atoms with Gasteiger partial charge in [-0.05, 0) is 12.8 Å². The molecule has 0 bridgehead atoms. The van der Waals surface area contributed by atoms with Crippen LogP contribution in [0.15, 0.2) is 0 Å². The van der Waals surface area contributed by atoms with E-state index < -0.39 is 18.1 Å². The van der Waals surface area contributed by atoms with E-state index in [2.05, 4.69) is 10.1 Å². The van der Waals surface area contributed by atoms with Crippen molar-refractivity contribution >= 4 is 18.0 Å². The number of amides is 2. The van der Waals surface area contributed by atoms with E-state index in [0.717, 1.165) is 0 Å². The van der Waals surface area contributed by atoms with Gasteiger partial charge in [0.2, 0.25) is 5.91 Å². The van der Waals surface area contributed by atoms with Crippen molar-refractivity contribution < 1.29 is 24.2 Å². The molecule has 8 heteroatoms. The van der Waals surface area contributed by atoms with E-state index in [4.69, 9.17) is 10.8 Å². The number of ether oxygens (including phenoxy) is 1. The molecular weight excluding hydrogens is 254 g/mol. The zero-order chi connectivity index (χ0) is 14.4. The Balaban J connectivity index is 2.38. The Bertz CT molecular complexity index is 360. The van der Waals surface area contributed by atoms with Gasteiger partial charge in [0.05, 0.1) is 19.2 Å². The number of hydrogen-bond donors (Lipinski definition) is 3. The number of carboxylic acids is 1. The van der Waals surface area contributed by atoms with Crippen molar-refractivity contribution in [2.45, 2.75) is 31.3 Å². The first kappa shape index (κ1) is 15.2. The molecular formula is C11H19N3O5.